The first-order valence-electron chi connectivity index (χ1n) is 6.14. The molecule has 0 aromatic heterocycles. The number of terminal acetylenes is 1. The normalized spacial score (nSPS) is 11.5. The van der Waals surface area contributed by atoms with E-state index in [1.54, 1.807) is 24.3 Å². The molecule has 0 unspecified atom stereocenters. The van der Waals surface area contributed by atoms with Crippen molar-refractivity contribution in [3.8, 4) is 12.3 Å². The molecule has 0 atom stereocenters. The summed E-state index contributed by atoms with van der Waals surface area (Å²) in [6, 6.07) is 6.79. The summed E-state index contributed by atoms with van der Waals surface area (Å²) in [6.45, 7) is 2.44. The lowest BCUT2D eigenvalue weighted by Gasteiger charge is -2.19. The molecule has 5 heteroatoms. The second-order valence-corrected chi connectivity index (χ2v) is 6.44. The third-order valence-electron chi connectivity index (χ3n) is 2.68. The summed E-state index contributed by atoms with van der Waals surface area (Å²) in [5.41, 5.74) is 1.02. The van der Waals surface area contributed by atoms with Crippen LogP contribution in [0, 0.1) is 12.3 Å². The zero-order valence-electron chi connectivity index (χ0n) is 11.0. The smallest absolute Gasteiger partial charge is 0.207 e. The molecule has 0 aliphatic heterocycles. The molecule has 0 N–H and O–H groups in total. The van der Waals surface area contributed by atoms with Crippen LogP contribution >= 0.6 is 11.6 Å². The Kier molecular flexibility index (Phi) is 6.36. The van der Waals surface area contributed by atoms with Gasteiger partial charge in [-0.3, -0.25) is 0 Å². The predicted molar refractivity (Wildman–Crippen MR) is 78.7 cm³/mol. The largest absolute Gasteiger partial charge is 0.243 e. The van der Waals surface area contributed by atoms with Gasteiger partial charge >= 0.3 is 0 Å². The van der Waals surface area contributed by atoms with E-state index in [0.29, 0.717) is 12.4 Å². The van der Waals surface area contributed by atoms with Gasteiger partial charge in [0.1, 0.15) is 0 Å². The number of benzene rings is 1. The number of nitrogens with zero attached hydrogens (tertiary/aromatic N) is 1. The van der Waals surface area contributed by atoms with Gasteiger partial charge in [-0.1, -0.05) is 25.0 Å². The molecule has 0 bridgehead atoms. The molecule has 0 amide bonds. The highest BCUT2D eigenvalue weighted by Gasteiger charge is 2.22. The molecule has 1 aromatic carbocycles. The second-order valence-electron chi connectivity index (χ2n) is 4.13. The van der Waals surface area contributed by atoms with Gasteiger partial charge in [-0.05, 0) is 30.5 Å². The first kappa shape index (κ1) is 16.0. The van der Waals surface area contributed by atoms with E-state index < -0.39 is 10.0 Å². The van der Waals surface area contributed by atoms with Crippen LogP contribution in [-0.4, -0.2) is 31.7 Å². The molecule has 0 heterocycles. The highest BCUT2D eigenvalue weighted by atomic mass is 35.5. The summed E-state index contributed by atoms with van der Waals surface area (Å²) in [5, 5.41) is 0. The standard InChI is InChI=1S/C14H18ClNO2S/c1-3-11-16(12-4-2)19(17,18)14-7-5-13(6-8-14)9-10-15/h1,5-8H,4,9-12H2,2H3. The van der Waals surface area contributed by atoms with E-state index in [-0.39, 0.29) is 11.4 Å². The van der Waals surface area contributed by atoms with Crippen LogP contribution in [0.1, 0.15) is 18.9 Å². The molecular weight excluding hydrogens is 282 g/mol. The van der Waals surface area contributed by atoms with E-state index in [4.69, 9.17) is 18.0 Å². The van der Waals surface area contributed by atoms with E-state index in [1.165, 1.54) is 4.31 Å². The molecule has 0 aliphatic rings. The van der Waals surface area contributed by atoms with Gasteiger partial charge in [0.25, 0.3) is 0 Å². The van der Waals surface area contributed by atoms with Gasteiger partial charge in [0.15, 0.2) is 0 Å². The van der Waals surface area contributed by atoms with Crippen LogP contribution < -0.4 is 0 Å². The van der Waals surface area contributed by atoms with Crippen LogP contribution in [0.15, 0.2) is 29.2 Å². The number of sulfonamides is 1. The summed E-state index contributed by atoms with van der Waals surface area (Å²) < 4.78 is 26.1. The molecule has 1 aromatic rings. The quantitative estimate of drug-likeness (QED) is 0.573. The van der Waals surface area contributed by atoms with Crippen LogP contribution in [0.2, 0.25) is 0 Å². The molecule has 104 valence electrons. The van der Waals surface area contributed by atoms with Gasteiger partial charge in [-0.15, -0.1) is 18.0 Å². The van der Waals surface area contributed by atoms with Gasteiger partial charge in [0, 0.05) is 12.4 Å². The molecule has 1 rings (SSSR count). The number of aryl methyl sites for hydroxylation is 1. The molecule has 0 radical (unpaired) electrons. The fourth-order valence-electron chi connectivity index (χ4n) is 1.72. The van der Waals surface area contributed by atoms with Crippen molar-refractivity contribution >= 4 is 21.6 Å². The molecule has 0 saturated heterocycles. The molecule has 0 aliphatic carbocycles. The fraction of sp³-hybridized carbons (Fsp3) is 0.429. The molecule has 0 fully saturated rings. The minimum atomic E-state index is -3.50. The van der Waals surface area contributed by atoms with Gasteiger partial charge in [0.2, 0.25) is 10.0 Å². The Bertz CT molecular complexity index is 532. The van der Waals surface area contributed by atoms with Crippen LogP contribution in [0.3, 0.4) is 0 Å². The average molecular weight is 300 g/mol. The van der Waals surface area contributed by atoms with Crippen LogP contribution in [0.25, 0.3) is 0 Å². The summed E-state index contributed by atoms with van der Waals surface area (Å²) in [4.78, 5) is 0.273. The van der Waals surface area contributed by atoms with Crippen LogP contribution in [0.5, 0.6) is 0 Å². The third kappa shape index (κ3) is 4.24. The van der Waals surface area contributed by atoms with Crippen LogP contribution in [0.4, 0.5) is 0 Å². The van der Waals surface area contributed by atoms with Crippen molar-refractivity contribution in [2.75, 3.05) is 19.0 Å². The number of rotatable bonds is 7. The lowest BCUT2D eigenvalue weighted by molar-refractivity contribution is 0.445. The minimum Gasteiger partial charge on any atom is -0.207 e. The van der Waals surface area contributed by atoms with E-state index in [2.05, 4.69) is 5.92 Å². The summed E-state index contributed by atoms with van der Waals surface area (Å²) >= 11 is 5.65. The minimum absolute atomic E-state index is 0.0968. The maximum atomic E-state index is 12.4. The van der Waals surface area contributed by atoms with E-state index in [0.717, 1.165) is 18.4 Å². The topological polar surface area (TPSA) is 37.4 Å². The van der Waals surface area contributed by atoms with E-state index in [9.17, 15) is 8.42 Å². The van der Waals surface area contributed by atoms with Crippen LogP contribution in [-0.2, 0) is 16.4 Å². The molecule has 3 nitrogen and oxygen atoms in total. The maximum Gasteiger partial charge on any atom is 0.243 e. The summed E-state index contributed by atoms with van der Waals surface area (Å²) in [6.07, 6.45) is 6.68. The van der Waals surface area contributed by atoms with Crippen molar-refractivity contribution in [3.05, 3.63) is 29.8 Å². The monoisotopic (exact) mass is 299 g/mol. The first-order chi connectivity index (χ1) is 9.06. The van der Waals surface area contributed by atoms with E-state index in [1.807, 2.05) is 6.92 Å². The highest BCUT2D eigenvalue weighted by molar-refractivity contribution is 7.89. The Labute approximate surface area is 120 Å². The highest BCUT2D eigenvalue weighted by Crippen LogP contribution is 2.17. The summed E-state index contributed by atoms with van der Waals surface area (Å²) in [5.74, 6) is 2.91. The van der Waals surface area contributed by atoms with Gasteiger partial charge in [-0.2, -0.15) is 4.31 Å². The third-order valence-corrected chi connectivity index (χ3v) is 4.73. The zero-order valence-corrected chi connectivity index (χ0v) is 12.5. The van der Waals surface area contributed by atoms with Crippen molar-refractivity contribution in [3.63, 3.8) is 0 Å². The number of hydrogen-bond acceptors (Lipinski definition) is 2. The summed E-state index contributed by atoms with van der Waals surface area (Å²) in [7, 11) is -3.50. The fourth-order valence-corrected chi connectivity index (χ4v) is 3.39. The Balaban J connectivity index is 3.01. The van der Waals surface area contributed by atoms with Gasteiger partial charge in [0.05, 0.1) is 11.4 Å². The number of alkyl halides is 1. The van der Waals surface area contributed by atoms with Crippen molar-refractivity contribution in [2.24, 2.45) is 0 Å². The lowest BCUT2D eigenvalue weighted by Crippen LogP contribution is -2.32. The zero-order chi connectivity index (χ0) is 14.3. The van der Waals surface area contributed by atoms with Gasteiger partial charge in [-0.25, -0.2) is 8.42 Å². The molecular formula is C14H18ClNO2S. The van der Waals surface area contributed by atoms with Crippen molar-refractivity contribution < 1.29 is 8.42 Å². The Morgan fingerprint density at radius 1 is 1.32 bits per heavy atom. The molecule has 19 heavy (non-hydrogen) atoms. The lowest BCUT2D eigenvalue weighted by atomic mass is 10.2. The molecule has 0 spiro atoms. The number of hydrogen-bond donors (Lipinski definition) is 0. The van der Waals surface area contributed by atoms with Crippen molar-refractivity contribution in [2.45, 2.75) is 24.7 Å². The van der Waals surface area contributed by atoms with Crippen molar-refractivity contribution in [1.29, 1.82) is 0 Å². The van der Waals surface area contributed by atoms with Crippen molar-refractivity contribution in [1.82, 2.24) is 4.31 Å². The molecule has 0 saturated carbocycles. The predicted octanol–water partition coefficient (Wildman–Crippen LogP) is 2.50. The average Bonchev–Trinajstić information content (AvgIpc) is 2.39. The first-order valence-corrected chi connectivity index (χ1v) is 8.12. The number of halogens is 1. The SMILES string of the molecule is C#CCN(CCC)S(=O)(=O)c1ccc(CCCl)cc1. The Morgan fingerprint density at radius 3 is 2.42 bits per heavy atom. The Hall–Kier alpha value is -1.02. The Morgan fingerprint density at radius 2 is 1.95 bits per heavy atom. The van der Waals surface area contributed by atoms with E-state index >= 15 is 0 Å². The second kappa shape index (κ2) is 7.54. The maximum absolute atomic E-state index is 12.4. The van der Waals surface area contributed by atoms with Gasteiger partial charge < -0.3 is 0 Å².